The van der Waals surface area contributed by atoms with Gasteiger partial charge in [0.1, 0.15) is 0 Å². The van der Waals surface area contributed by atoms with Crippen molar-refractivity contribution < 1.29 is 14.4 Å². The van der Waals surface area contributed by atoms with Crippen LogP contribution in [0, 0.1) is 0 Å². The zero-order chi connectivity index (χ0) is 41.0. The molecule has 0 aliphatic rings. The zero-order valence-corrected chi connectivity index (χ0v) is 37.1. The topological polar surface area (TPSA) is 131 Å². The fourth-order valence-corrected chi connectivity index (χ4v) is 7.07. The molecule has 56 heavy (non-hydrogen) atoms. The Morgan fingerprint density at radius 1 is 0.482 bits per heavy atom. The summed E-state index contributed by atoms with van der Waals surface area (Å²) in [5.74, 6) is 0.167. The number of allylic oxidation sites excluding steroid dienone is 4. The normalized spacial score (nSPS) is 12.1. The predicted molar refractivity (Wildman–Crippen MR) is 242 cm³/mol. The highest BCUT2D eigenvalue weighted by Crippen LogP contribution is 2.12. The van der Waals surface area contributed by atoms with Gasteiger partial charge in [-0.2, -0.15) is 0 Å². The molecular weight excluding hydrogens is 695 g/mol. The Morgan fingerprint density at radius 2 is 0.857 bits per heavy atom. The van der Waals surface area contributed by atoms with Crippen molar-refractivity contribution in [3.05, 3.63) is 24.3 Å². The first-order valence-corrected chi connectivity index (χ1v) is 24.0. The molecular formula is C48H93N5O3. The summed E-state index contributed by atoms with van der Waals surface area (Å²) in [4.78, 5) is 39.7. The molecule has 0 heterocycles. The van der Waals surface area contributed by atoms with Crippen molar-refractivity contribution in [3.8, 4) is 0 Å². The molecule has 328 valence electrons. The molecule has 0 saturated carbocycles. The van der Waals surface area contributed by atoms with Crippen LogP contribution in [0.2, 0.25) is 0 Å². The van der Waals surface area contributed by atoms with Crippen LogP contribution in [0.5, 0.6) is 0 Å². The van der Waals surface area contributed by atoms with Gasteiger partial charge in [0.2, 0.25) is 17.7 Å². The van der Waals surface area contributed by atoms with Gasteiger partial charge in [0.25, 0.3) is 0 Å². The number of nitrogens with one attached hydrogen (secondary N) is 2. The van der Waals surface area contributed by atoms with E-state index in [1.165, 1.54) is 141 Å². The van der Waals surface area contributed by atoms with Crippen LogP contribution in [0.3, 0.4) is 0 Å². The van der Waals surface area contributed by atoms with E-state index in [1.54, 1.807) is 0 Å². The minimum Gasteiger partial charge on any atom is -0.356 e. The fraction of sp³-hybridized carbons (Fsp3) is 0.854. The van der Waals surface area contributed by atoms with Crippen LogP contribution in [0.1, 0.15) is 226 Å². The molecule has 0 rings (SSSR count). The number of nitrogens with two attached hydrogens (primary N) is 2. The molecule has 0 spiro atoms. The number of hydrogen-bond donors (Lipinski definition) is 4. The maximum absolute atomic E-state index is 13.1. The molecule has 8 heteroatoms. The van der Waals surface area contributed by atoms with Gasteiger partial charge in [-0.25, -0.2) is 0 Å². The summed E-state index contributed by atoms with van der Waals surface area (Å²) in [6.07, 6.45) is 46.6. The van der Waals surface area contributed by atoms with Crippen LogP contribution in [0.4, 0.5) is 0 Å². The highest BCUT2D eigenvalue weighted by atomic mass is 16.2. The number of unbranched alkanes of at least 4 members (excludes halogenated alkanes) is 23. The van der Waals surface area contributed by atoms with Gasteiger partial charge < -0.3 is 27.0 Å². The highest BCUT2D eigenvalue weighted by Gasteiger charge is 2.20. The van der Waals surface area contributed by atoms with Gasteiger partial charge in [0, 0.05) is 39.0 Å². The molecule has 0 saturated heterocycles. The Balaban J connectivity index is 4.02. The van der Waals surface area contributed by atoms with Crippen molar-refractivity contribution >= 4 is 17.7 Å². The molecule has 1 atom stereocenters. The third kappa shape index (κ3) is 38.7. The van der Waals surface area contributed by atoms with Crippen molar-refractivity contribution in [2.24, 2.45) is 11.5 Å². The summed E-state index contributed by atoms with van der Waals surface area (Å²) in [6.45, 7) is 7.38. The van der Waals surface area contributed by atoms with E-state index in [1.807, 2.05) is 4.90 Å². The van der Waals surface area contributed by atoms with Crippen LogP contribution in [-0.2, 0) is 14.4 Å². The number of rotatable bonds is 43. The van der Waals surface area contributed by atoms with Crippen molar-refractivity contribution in [1.82, 2.24) is 15.5 Å². The molecule has 0 aliphatic heterocycles. The average Bonchev–Trinajstić information content (AvgIpc) is 3.20. The van der Waals surface area contributed by atoms with Crippen molar-refractivity contribution in [2.45, 2.75) is 232 Å². The van der Waals surface area contributed by atoms with Gasteiger partial charge >= 0.3 is 0 Å². The van der Waals surface area contributed by atoms with Gasteiger partial charge in [-0.3, -0.25) is 14.4 Å². The zero-order valence-electron chi connectivity index (χ0n) is 37.1. The summed E-state index contributed by atoms with van der Waals surface area (Å²) in [5.41, 5.74) is 11.9. The molecule has 0 aromatic rings. The average molecular weight is 788 g/mol. The summed E-state index contributed by atoms with van der Waals surface area (Å²) in [7, 11) is 0. The van der Waals surface area contributed by atoms with E-state index in [2.05, 4.69) is 48.8 Å². The lowest BCUT2D eigenvalue weighted by Crippen LogP contribution is -2.45. The third-order valence-electron chi connectivity index (χ3n) is 10.8. The first-order chi connectivity index (χ1) is 27.5. The lowest BCUT2D eigenvalue weighted by atomic mass is 10.1. The number of carbonyl (C=O) groups is 3. The predicted octanol–water partition coefficient (Wildman–Crippen LogP) is 11.4. The molecule has 0 bridgehead atoms. The van der Waals surface area contributed by atoms with E-state index >= 15 is 0 Å². The van der Waals surface area contributed by atoms with E-state index < -0.39 is 6.04 Å². The lowest BCUT2D eigenvalue weighted by Gasteiger charge is -2.26. The Labute approximate surface area is 347 Å². The minimum absolute atomic E-state index is 0.0497. The van der Waals surface area contributed by atoms with Crippen LogP contribution >= 0.6 is 0 Å². The smallest absolute Gasteiger partial charge is 0.239 e. The van der Waals surface area contributed by atoms with E-state index in [0.717, 1.165) is 44.9 Å². The molecule has 0 aromatic heterocycles. The second-order valence-corrected chi connectivity index (χ2v) is 16.3. The second-order valence-electron chi connectivity index (χ2n) is 16.3. The van der Waals surface area contributed by atoms with Gasteiger partial charge in [-0.1, -0.05) is 141 Å². The van der Waals surface area contributed by atoms with Crippen LogP contribution in [-0.4, -0.2) is 61.4 Å². The van der Waals surface area contributed by atoms with Crippen LogP contribution in [0.15, 0.2) is 24.3 Å². The number of nitrogens with zero attached hydrogens (tertiary/aromatic N) is 1. The quantitative estimate of drug-likeness (QED) is 0.0361. The van der Waals surface area contributed by atoms with Crippen LogP contribution in [0.25, 0.3) is 0 Å². The lowest BCUT2D eigenvalue weighted by molar-refractivity contribution is -0.133. The summed E-state index contributed by atoms with van der Waals surface area (Å²) in [6, 6.07) is -0.555. The van der Waals surface area contributed by atoms with E-state index in [4.69, 9.17) is 11.5 Å². The second kappa shape index (κ2) is 43.9. The summed E-state index contributed by atoms with van der Waals surface area (Å²) >= 11 is 0. The Hall–Kier alpha value is -2.19. The fourth-order valence-electron chi connectivity index (χ4n) is 7.07. The van der Waals surface area contributed by atoms with E-state index in [0.29, 0.717) is 58.4 Å². The molecule has 8 nitrogen and oxygen atoms in total. The molecule has 0 aromatic carbocycles. The Kier molecular flexibility index (Phi) is 42.2. The third-order valence-corrected chi connectivity index (χ3v) is 10.8. The maximum Gasteiger partial charge on any atom is 0.239 e. The summed E-state index contributed by atoms with van der Waals surface area (Å²) in [5, 5.41) is 6.10. The maximum atomic E-state index is 13.1. The largest absolute Gasteiger partial charge is 0.356 e. The number of carbonyl (C=O) groups excluding carboxylic acids is 3. The molecule has 0 fully saturated rings. The Morgan fingerprint density at radius 3 is 1.29 bits per heavy atom. The van der Waals surface area contributed by atoms with E-state index in [9.17, 15) is 14.4 Å². The first kappa shape index (κ1) is 53.8. The monoisotopic (exact) mass is 788 g/mol. The standard InChI is InChI=1S/C48H93N5O3/c1-3-5-7-9-11-13-15-17-19-21-23-25-27-29-31-38-46(54)51-41-33-34-43-53(48(56)45(50)37-35-40-49)44-36-42-52-47(55)39-32-30-28-26-24-22-20-18-16-14-12-10-8-6-4-2/h17-20,45H,3-16,21-44,49-50H2,1-2H3,(H,51,54)(H,52,55)/b19-17-,20-18-/t45-/m0/s1. The number of hydrogen-bond acceptors (Lipinski definition) is 5. The first-order valence-electron chi connectivity index (χ1n) is 24.0. The highest BCUT2D eigenvalue weighted by molar-refractivity contribution is 5.81. The Bertz CT molecular complexity index is 940. The van der Waals surface area contributed by atoms with Crippen molar-refractivity contribution in [2.75, 3.05) is 32.7 Å². The molecule has 3 amide bonds. The number of amides is 3. The van der Waals surface area contributed by atoms with Crippen LogP contribution < -0.4 is 22.1 Å². The summed E-state index contributed by atoms with van der Waals surface area (Å²) < 4.78 is 0. The van der Waals surface area contributed by atoms with E-state index in [-0.39, 0.29) is 17.7 Å². The molecule has 0 aliphatic carbocycles. The SMILES string of the molecule is CCCCCCCC/C=C\CCCCCCCC(=O)NCCCCN(CCCNC(=O)CCCCCCC/C=C\CCCCCCCC)C(=O)[C@@H](N)CCCN. The van der Waals surface area contributed by atoms with Crippen molar-refractivity contribution in [1.29, 1.82) is 0 Å². The molecule has 0 radical (unpaired) electrons. The molecule has 6 N–H and O–H groups in total. The minimum atomic E-state index is -0.555. The van der Waals surface area contributed by atoms with Gasteiger partial charge in [0.15, 0.2) is 0 Å². The van der Waals surface area contributed by atoms with Gasteiger partial charge in [-0.05, 0) is 103 Å². The molecule has 0 unspecified atom stereocenters. The van der Waals surface area contributed by atoms with Gasteiger partial charge in [-0.15, -0.1) is 0 Å². The van der Waals surface area contributed by atoms with Gasteiger partial charge in [0.05, 0.1) is 6.04 Å². The van der Waals surface area contributed by atoms with Crippen molar-refractivity contribution in [3.63, 3.8) is 0 Å².